The number of amides is 2. The van der Waals surface area contributed by atoms with Gasteiger partial charge >= 0.3 is 6.09 Å². The third kappa shape index (κ3) is 7.41. The first-order valence-corrected chi connectivity index (χ1v) is 17.9. The van der Waals surface area contributed by atoms with Gasteiger partial charge in [0, 0.05) is 25.3 Å². The molecule has 0 aliphatic carbocycles. The number of nitrogens with zero attached hydrogens (tertiary/aromatic N) is 4. The molecule has 2 aliphatic heterocycles. The van der Waals surface area contributed by atoms with Crippen LogP contribution in [0, 0.1) is 17.6 Å². The number of ether oxygens (including phenoxy) is 1. The number of aromatic nitrogens is 2. The smallest absolute Gasteiger partial charge is 0.407 e. The number of benzene rings is 3. The van der Waals surface area contributed by atoms with E-state index in [2.05, 4.69) is 21.3 Å². The molecule has 266 valence electrons. The van der Waals surface area contributed by atoms with Gasteiger partial charge in [-0.3, -0.25) is 4.79 Å². The number of nitrogens with one attached hydrogen (secondary N) is 2. The van der Waals surface area contributed by atoms with E-state index in [1.54, 1.807) is 4.90 Å². The monoisotopic (exact) mass is 686 g/mol. The maximum absolute atomic E-state index is 16.0. The third-order valence-corrected chi connectivity index (χ3v) is 10.0. The standard InChI is InChI=1S/C39H48F2N6O3/c1-5-18-45(38(48)36(25(2)3)44-39(49)50-4)24-35-42-31-17-16-27(21-32(31)43-35)34-15-11-20-46(34)28-22-29(40)37(30(41)23-28)47-19-10-9-14-33(47)26-12-7-6-8-13-26/h6-8,12-13,16-17,21-23,25,33-34,36H,5,9-11,14-15,18-20,24H2,1-4H3,(H,42,43)(H,44,49)/t33?,34-,36?/m1/s1. The topological polar surface area (TPSA) is 93.8 Å². The SMILES string of the molecule is CCCN(Cc1nc2ccc([C@H]3CCCN3c3cc(F)c(N4CCCCC4c4ccccc4)c(F)c3)cc2[nH]1)C(=O)C(NC(=O)OC)C(C)C. The van der Waals surface area contributed by atoms with Gasteiger partial charge in [0.05, 0.1) is 36.8 Å². The van der Waals surface area contributed by atoms with E-state index >= 15 is 8.78 Å². The third-order valence-electron chi connectivity index (χ3n) is 10.0. The number of hydrogen-bond acceptors (Lipinski definition) is 6. The van der Waals surface area contributed by atoms with Crippen LogP contribution in [-0.2, 0) is 16.1 Å². The van der Waals surface area contributed by atoms with Gasteiger partial charge in [0.15, 0.2) is 11.6 Å². The molecule has 2 unspecified atom stereocenters. The van der Waals surface area contributed by atoms with Gasteiger partial charge in [-0.25, -0.2) is 18.6 Å². The molecule has 0 radical (unpaired) electrons. The van der Waals surface area contributed by atoms with Crippen molar-refractivity contribution in [3.05, 3.63) is 89.2 Å². The normalized spacial score (nSPS) is 18.5. The molecule has 0 saturated carbocycles. The summed E-state index contributed by atoms with van der Waals surface area (Å²) in [5, 5.41) is 2.67. The van der Waals surface area contributed by atoms with Crippen LogP contribution in [0.1, 0.15) is 88.3 Å². The van der Waals surface area contributed by atoms with E-state index in [4.69, 9.17) is 9.72 Å². The number of hydrogen-bond donors (Lipinski definition) is 2. The predicted octanol–water partition coefficient (Wildman–Crippen LogP) is 8.03. The molecule has 1 aromatic heterocycles. The van der Waals surface area contributed by atoms with Gasteiger partial charge in [0.1, 0.15) is 17.6 Å². The average Bonchev–Trinajstić information content (AvgIpc) is 3.77. The molecule has 3 heterocycles. The number of anilines is 2. The van der Waals surface area contributed by atoms with E-state index in [-0.39, 0.29) is 36.1 Å². The van der Waals surface area contributed by atoms with Gasteiger partial charge in [0.25, 0.3) is 0 Å². The molecule has 11 heteroatoms. The molecule has 2 fully saturated rings. The Morgan fingerprint density at radius 2 is 1.66 bits per heavy atom. The summed E-state index contributed by atoms with van der Waals surface area (Å²) in [5.41, 5.74) is 4.29. The minimum atomic E-state index is -0.729. The molecule has 3 atom stereocenters. The molecule has 0 spiro atoms. The Hall–Kier alpha value is -4.67. The van der Waals surface area contributed by atoms with Gasteiger partial charge in [-0.1, -0.05) is 57.2 Å². The lowest BCUT2D eigenvalue weighted by molar-refractivity contribution is -0.135. The van der Waals surface area contributed by atoms with Gasteiger partial charge in [-0.15, -0.1) is 0 Å². The summed E-state index contributed by atoms with van der Waals surface area (Å²) >= 11 is 0. The van der Waals surface area contributed by atoms with Crippen LogP contribution in [0.2, 0.25) is 0 Å². The minimum absolute atomic E-state index is 0.0563. The summed E-state index contributed by atoms with van der Waals surface area (Å²) in [6, 6.07) is 18.2. The molecule has 3 aromatic carbocycles. The number of halogens is 2. The van der Waals surface area contributed by atoms with Crippen LogP contribution in [0.4, 0.5) is 25.0 Å². The van der Waals surface area contributed by atoms with Crippen molar-refractivity contribution in [1.82, 2.24) is 20.2 Å². The zero-order chi connectivity index (χ0) is 35.4. The molecule has 50 heavy (non-hydrogen) atoms. The van der Waals surface area contributed by atoms with Crippen molar-refractivity contribution in [2.75, 3.05) is 36.5 Å². The summed E-state index contributed by atoms with van der Waals surface area (Å²) in [4.78, 5) is 39.4. The summed E-state index contributed by atoms with van der Waals surface area (Å²) in [6.07, 6.45) is 4.62. The Morgan fingerprint density at radius 1 is 0.960 bits per heavy atom. The molecule has 9 nitrogen and oxygen atoms in total. The number of rotatable bonds is 11. The second-order valence-electron chi connectivity index (χ2n) is 13.8. The van der Waals surface area contributed by atoms with E-state index in [1.165, 1.54) is 19.2 Å². The molecule has 0 bridgehead atoms. The van der Waals surface area contributed by atoms with Crippen LogP contribution in [0.5, 0.6) is 0 Å². The van der Waals surface area contributed by atoms with Crippen LogP contribution in [-0.4, -0.2) is 59.7 Å². The number of imidazole rings is 1. The summed E-state index contributed by atoms with van der Waals surface area (Å²) in [6.45, 7) is 7.81. The fourth-order valence-corrected chi connectivity index (χ4v) is 7.61. The largest absolute Gasteiger partial charge is 0.453 e. The first kappa shape index (κ1) is 35.2. The van der Waals surface area contributed by atoms with Crippen molar-refractivity contribution in [2.24, 2.45) is 5.92 Å². The fourth-order valence-electron chi connectivity index (χ4n) is 7.61. The van der Waals surface area contributed by atoms with Crippen molar-refractivity contribution in [3.8, 4) is 0 Å². The lowest BCUT2D eigenvalue weighted by Crippen LogP contribution is -2.51. The number of H-pyrrole nitrogens is 1. The summed E-state index contributed by atoms with van der Waals surface area (Å²) < 4.78 is 36.7. The van der Waals surface area contributed by atoms with Crippen molar-refractivity contribution in [3.63, 3.8) is 0 Å². The number of alkyl carbamates (subject to hydrolysis) is 1. The Labute approximate surface area is 293 Å². The first-order valence-electron chi connectivity index (χ1n) is 17.9. The minimum Gasteiger partial charge on any atom is -0.453 e. The molecule has 2 amide bonds. The Bertz CT molecular complexity index is 1770. The van der Waals surface area contributed by atoms with Gasteiger partial charge in [-0.05, 0) is 79.8 Å². The zero-order valence-electron chi connectivity index (χ0n) is 29.4. The van der Waals surface area contributed by atoms with Crippen molar-refractivity contribution in [1.29, 1.82) is 0 Å². The van der Waals surface area contributed by atoms with Crippen LogP contribution >= 0.6 is 0 Å². The zero-order valence-corrected chi connectivity index (χ0v) is 29.4. The molecular weight excluding hydrogens is 638 g/mol. The number of carbonyl (C=O) groups is 2. The molecule has 2 aliphatic rings. The second kappa shape index (κ2) is 15.5. The van der Waals surface area contributed by atoms with Crippen LogP contribution in [0.3, 0.4) is 0 Å². The van der Waals surface area contributed by atoms with Crippen molar-refractivity contribution < 1.29 is 23.1 Å². The Kier molecular flexibility index (Phi) is 10.9. The lowest BCUT2D eigenvalue weighted by Gasteiger charge is -2.38. The van der Waals surface area contributed by atoms with E-state index in [1.807, 2.05) is 68.1 Å². The molecule has 4 aromatic rings. The highest BCUT2D eigenvalue weighted by Gasteiger charge is 2.33. The van der Waals surface area contributed by atoms with Gasteiger partial charge in [-0.2, -0.15) is 0 Å². The maximum atomic E-state index is 16.0. The Balaban J connectivity index is 1.22. The highest BCUT2D eigenvalue weighted by atomic mass is 19.1. The van der Waals surface area contributed by atoms with E-state index in [0.29, 0.717) is 31.1 Å². The number of piperidine rings is 1. The maximum Gasteiger partial charge on any atom is 0.407 e. The van der Waals surface area contributed by atoms with E-state index in [9.17, 15) is 9.59 Å². The number of carbonyl (C=O) groups excluding carboxylic acids is 2. The van der Waals surface area contributed by atoms with Crippen LogP contribution < -0.4 is 15.1 Å². The highest BCUT2D eigenvalue weighted by molar-refractivity contribution is 5.86. The van der Waals surface area contributed by atoms with Crippen molar-refractivity contribution in [2.45, 2.75) is 84.0 Å². The second-order valence-corrected chi connectivity index (χ2v) is 13.8. The van der Waals surface area contributed by atoms with E-state index in [0.717, 1.165) is 60.7 Å². The quantitative estimate of drug-likeness (QED) is 0.166. The molecular formula is C39H48F2N6O3. The Morgan fingerprint density at radius 3 is 2.36 bits per heavy atom. The lowest BCUT2D eigenvalue weighted by atomic mass is 9.94. The van der Waals surface area contributed by atoms with Gasteiger partial charge < -0.3 is 29.7 Å². The number of aromatic amines is 1. The summed E-state index contributed by atoms with van der Waals surface area (Å²) in [7, 11) is 1.28. The first-order chi connectivity index (χ1) is 24.2. The van der Waals surface area contributed by atoms with E-state index < -0.39 is 23.8 Å². The van der Waals surface area contributed by atoms with Crippen LogP contribution in [0.25, 0.3) is 11.0 Å². The molecule has 2 N–H and O–H groups in total. The van der Waals surface area contributed by atoms with Gasteiger partial charge in [0.2, 0.25) is 5.91 Å². The number of fused-ring (bicyclic) bond motifs is 1. The highest BCUT2D eigenvalue weighted by Crippen LogP contribution is 2.42. The predicted molar refractivity (Wildman–Crippen MR) is 192 cm³/mol. The molecule has 6 rings (SSSR count). The number of methoxy groups -OCH3 is 1. The average molecular weight is 687 g/mol. The van der Waals surface area contributed by atoms with Crippen molar-refractivity contribution >= 4 is 34.4 Å². The summed E-state index contributed by atoms with van der Waals surface area (Å²) in [5.74, 6) is -0.766. The fraction of sp³-hybridized carbons (Fsp3) is 0.462. The molecule has 2 saturated heterocycles. The van der Waals surface area contributed by atoms with Crippen LogP contribution in [0.15, 0.2) is 60.7 Å².